The number of carbonyl (C=O) groups excluding carboxylic acids is 2. The van der Waals surface area contributed by atoms with Crippen molar-refractivity contribution in [2.45, 2.75) is 19.4 Å². The van der Waals surface area contributed by atoms with Crippen LogP contribution in [-0.4, -0.2) is 23.3 Å². The van der Waals surface area contributed by atoms with Crippen molar-refractivity contribution in [1.82, 2.24) is 10.3 Å². The standard InChI is InChI=1S/C21H21N3O3S/c25-20(10-11-22-21(26)12-16-6-2-1-3-7-16)24-18-8-4-5-9-19(18)27-13-17-14-28-15-23-17/h1-9,14-15H,10-13H2,(H,22,26)(H,24,25). The molecule has 7 heteroatoms. The van der Waals surface area contributed by atoms with Crippen LogP contribution < -0.4 is 15.4 Å². The molecule has 0 aliphatic rings. The van der Waals surface area contributed by atoms with Crippen LogP contribution in [0.25, 0.3) is 0 Å². The van der Waals surface area contributed by atoms with Gasteiger partial charge in [0, 0.05) is 18.3 Å². The first-order valence-corrected chi connectivity index (χ1v) is 9.84. The second kappa shape index (κ2) is 10.2. The molecule has 2 N–H and O–H groups in total. The summed E-state index contributed by atoms with van der Waals surface area (Å²) in [7, 11) is 0. The number of hydrogen-bond acceptors (Lipinski definition) is 5. The number of nitrogens with zero attached hydrogens (tertiary/aromatic N) is 1. The number of carbonyl (C=O) groups is 2. The highest BCUT2D eigenvalue weighted by atomic mass is 32.1. The SMILES string of the molecule is O=C(Cc1ccccc1)NCCC(=O)Nc1ccccc1OCc1cscn1. The van der Waals surface area contributed by atoms with E-state index in [2.05, 4.69) is 15.6 Å². The zero-order chi connectivity index (χ0) is 19.6. The number of anilines is 1. The van der Waals surface area contributed by atoms with Crippen LogP contribution in [0.15, 0.2) is 65.5 Å². The third-order valence-corrected chi connectivity index (χ3v) is 4.54. The highest BCUT2D eigenvalue weighted by Gasteiger charge is 2.09. The molecule has 3 aromatic rings. The van der Waals surface area contributed by atoms with E-state index < -0.39 is 0 Å². The van der Waals surface area contributed by atoms with Crippen molar-refractivity contribution < 1.29 is 14.3 Å². The number of thiazole rings is 1. The number of aromatic nitrogens is 1. The van der Waals surface area contributed by atoms with E-state index >= 15 is 0 Å². The van der Waals surface area contributed by atoms with Crippen molar-refractivity contribution in [3.63, 3.8) is 0 Å². The first kappa shape index (κ1) is 19.6. The Balaban J connectivity index is 1.43. The molecule has 0 aliphatic carbocycles. The van der Waals surface area contributed by atoms with Gasteiger partial charge in [0.2, 0.25) is 11.8 Å². The number of benzene rings is 2. The van der Waals surface area contributed by atoms with Gasteiger partial charge in [-0.3, -0.25) is 9.59 Å². The van der Waals surface area contributed by atoms with Crippen LogP contribution in [0.4, 0.5) is 5.69 Å². The minimum absolute atomic E-state index is 0.106. The Morgan fingerprint density at radius 2 is 1.79 bits per heavy atom. The van der Waals surface area contributed by atoms with Gasteiger partial charge >= 0.3 is 0 Å². The van der Waals surface area contributed by atoms with Gasteiger partial charge in [-0.15, -0.1) is 11.3 Å². The third kappa shape index (κ3) is 6.21. The minimum Gasteiger partial charge on any atom is -0.485 e. The lowest BCUT2D eigenvalue weighted by Gasteiger charge is -2.12. The van der Waals surface area contributed by atoms with E-state index in [4.69, 9.17) is 4.74 Å². The smallest absolute Gasteiger partial charge is 0.226 e. The Morgan fingerprint density at radius 3 is 2.57 bits per heavy atom. The molecular weight excluding hydrogens is 374 g/mol. The Hall–Kier alpha value is -3.19. The summed E-state index contributed by atoms with van der Waals surface area (Å²) in [5, 5.41) is 7.52. The van der Waals surface area contributed by atoms with Gasteiger partial charge in [-0.1, -0.05) is 42.5 Å². The van der Waals surface area contributed by atoms with Gasteiger partial charge in [-0.05, 0) is 17.7 Å². The molecule has 0 unspecified atom stereocenters. The quantitative estimate of drug-likeness (QED) is 0.582. The van der Waals surface area contributed by atoms with E-state index in [9.17, 15) is 9.59 Å². The Bertz CT molecular complexity index is 898. The number of hydrogen-bond donors (Lipinski definition) is 2. The second-order valence-electron chi connectivity index (χ2n) is 6.08. The van der Waals surface area contributed by atoms with Crippen molar-refractivity contribution in [3.8, 4) is 5.75 Å². The highest BCUT2D eigenvalue weighted by Crippen LogP contribution is 2.24. The molecule has 0 saturated carbocycles. The number of rotatable bonds is 9. The van der Waals surface area contributed by atoms with Crippen molar-refractivity contribution in [1.29, 1.82) is 0 Å². The van der Waals surface area contributed by atoms with Gasteiger partial charge in [0.05, 0.1) is 23.3 Å². The molecular formula is C21H21N3O3S. The summed E-state index contributed by atoms with van der Waals surface area (Å²) in [4.78, 5) is 28.3. The molecule has 0 saturated heterocycles. The molecule has 6 nitrogen and oxygen atoms in total. The lowest BCUT2D eigenvalue weighted by Crippen LogP contribution is -2.28. The largest absolute Gasteiger partial charge is 0.485 e. The molecule has 1 heterocycles. The van der Waals surface area contributed by atoms with Crippen molar-refractivity contribution in [3.05, 3.63) is 76.7 Å². The second-order valence-corrected chi connectivity index (χ2v) is 6.79. The fourth-order valence-electron chi connectivity index (χ4n) is 2.53. The lowest BCUT2D eigenvalue weighted by molar-refractivity contribution is -0.120. The number of amides is 2. The normalized spacial score (nSPS) is 10.3. The van der Waals surface area contributed by atoms with Crippen LogP contribution >= 0.6 is 11.3 Å². The Labute approximate surface area is 167 Å². The first-order valence-electron chi connectivity index (χ1n) is 8.90. The molecule has 1 aromatic heterocycles. The highest BCUT2D eigenvalue weighted by molar-refractivity contribution is 7.07. The fraction of sp³-hybridized carbons (Fsp3) is 0.190. The maximum absolute atomic E-state index is 12.2. The van der Waals surface area contributed by atoms with Gasteiger partial charge in [-0.25, -0.2) is 4.98 Å². The summed E-state index contributed by atoms with van der Waals surface area (Å²) >= 11 is 1.51. The van der Waals surface area contributed by atoms with E-state index in [1.54, 1.807) is 17.6 Å². The van der Waals surface area contributed by atoms with Crippen LogP contribution in [0, 0.1) is 0 Å². The topological polar surface area (TPSA) is 80.3 Å². The monoisotopic (exact) mass is 395 g/mol. The Morgan fingerprint density at radius 1 is 1.00 bits per heavy atom. The van der Waals surface area contributed by atoms with Crippen LogP contribution in [0.1, 0.15) is 17.7 Å². The van der Waals surface area contributed by atoms with Crippen molar-refractivity contribution >= 4 is 28.8 Å². The summed E-state index contributed by atoms with van der Waals surface area (Å²) < 4.78 is 5.75. The molecule has 28 heavy (non-hydrogen) atoms. The maximum atomic E-state index is 12.2. The molecule has 0 spiro atoms. The number of nitrogens with one attached hydrogen (secondary N) is 2. The van der Waals surface area contributed by atoms with E-state index in [1.807, 2.05) is 47.8 Å². The van der Waals surface area contributed by atoms with Crippen LogP contribution in [-0.2, 0) is 22.6 Å². The third-order valence-electron chi connectivity index (χ3n) is 3.90. The zero-order valence-electron chi connectivity index (χ0n) is 15.3. The average Bonchev–Trinajstić information content (AvgIpc) is 3.22. The molecule has 0 aliphatic heterocycles. The predicted octanol–water partition coefficient (Wildman–Crippen LogP) is 3.41. The lowest BCUT2D eigenvalue weighted by atomic mass is 10.1. The maximum Gasteiger partial charge on any atom is 0.226 e. The summed E-state index contributed by atoms with van der Waals surface area (Å²) in [5.41, 5.74) is 4.12. The van der Waals surface area contributed by atoms with Gasteiger partial charge in [0.15, 0.2) is 0 Å². The molecule has 0 atom stereocenters. The number of para-hydroxylation sites is 2. The van der Waals surface area contributed by atoms with Crippen LogP contribution in [0.3, 0.4) is 0 Å². The summed E-state index contributed by atoms with van der Waals surface area (Å²) in [5.74, 6) is 0.285. The van der Waals surface area contributed by atoms with E-state index in [1.165, 1.54) is 11.3 Å². The zero-order valence-corrected chi connectivity index (χ0v) is 16.1. The number of ether oxygens (including phenoxy) is 1. The molecule has 0 fully saturated rings. The van der Waals surface area contributed by atoms with E-state index in [0.29, 0.717) is 24.5 Å². The fourth-order valence-corrected chi connectivity index (χ4v) is 3.07. The first-order chi connectivity index (χ1) is 13.7. The summed E-state index contributed by atoms with van der Waals surface area (Å²) in [6, 6.07) is 16.7. The van der Waals surface area contributed by atoms with E-state index in [-0.39, 0.29) is 24.8 Å². The van der Waals surface area contributed by atoms with Crippen LogP contribution in [0.5, 0.6) is 5.75 Å². The molecule has 0 bridgehead atoms. The van der Waals surface area contributed by atoms with E-state index in [0.717, 1.165) is 11.3 Å². The average molecular weight is 395 g/mol. The summed E-state index contributed by atoms with van der Waals surface area (Å²) in [6.45, 7) is 0.616. The van der Waals surface area contributed by atoms with Gasteiger partial charge in [0.1, 0.15) is 12.4 Å². The molecule has 3 rings (SSSR count). The minimum atomic E-state index is -0.190. The molecule has 2 amide bonds. The molecule has 0 radical (unpaired) electrons. The molecule has 144 valence electrons. The molecule has 2 aromatic carbocycles. The van der Waals surface area contributed by atoms with Gasteiger partial charge < -0.3 is 15.4 Å². The van der Waals surface area contributed by atoms with Gasteiger partial charge in [0.25, 0.3) is 0 Å². The van der Waals surface area contributed by atoms with Crippen molar-refractivity contribution in [2.75, 3.05) is 11.9 Å². The van der Waals surface area contributed by atoms with Gasteiger partial charge in [-0.2, -0.15) is 0 Å². The summed E-state index contributed by atoms with van der Waals surface area (Å²) in [6.07, 6.45) is 0.483. The van der Waals surface area contributed by atoms with Crippen molar-refractivity contribution in [2.24, 2.45) is 0 Å². The predicted molar refractivity (Wildman–Crippen MR) is 109 cm³/mol. The van der Waals surface area contributed by atoms with Crippen LogP contribution in [0.2, 0.25) is 0 Å². The Kier molecular flexibility index (Phi) is 7.14.